The molecule has 4 nitrogen and oxygen atoms in total. The molecular weight excluding hydrogens is 342 g/mol. The van der Waals surface area contributed by atoms with Crippen molar-refractivity contribution in [2.45, 2.75) is 23.8 Å². The molecule has 1 amide bonds. The number of hydrogen-bond donors (Lipinski definition) is 0. The maximum absolute atomic E-state index is 12.8. The Morgan fingerprint density at radius 1 is 1.04 bits per heavy atom. The average molecular weight is 368 g/mol. The van der Waals surface area contributed by atoms with Gasteiger partial charge in [-0.3, -0.25) is 14.7 Å². The normalized spacial score (nSPS) is 23.0. The molecule has 0 N–H and O–H groups in total. The van der Waals surface area contributed by atoms with Gasteiger partial charge in [-0.15, -0.1) is 11.8 Å². The molecule has 1 aromatic carbocycles. The zero-order valence-electron chi connectivity index (χ0n) is 15.0. The van der Waals surface area contributed by atoms with Gasteiger partial charge in [0.05, 0.1) is 0 Å². The predicted molar refractivity (Wildman–Crippen MR) is 105 cm³/mol. The number of pyridine rings is 1. The third kappa shape index (κ3) is 4.10. The van der Waals surface area contributed by atoms with Crippen molar-refractivity contribution in [3.63, 3.8) is 0 Å². The van der Waals surface area contributed by atoms with Crippen LogP contribution in [0, 0.1) is 5.92 Å². The van der Waals surface area contributed by atoms with Crippen LogP contribution in [0.4, 0.5) is 0 Å². The first kappa shape index (κ1) is 17.6. The van der Waals surface area contributed by atoms with Crippen LogP contribution in [0.2, 0.25) is 0 Å². The number of fused-ring (bicyclic) bond motifs is 4. The van der Waals surface area contributed by atoms with Gasteiger partial charge in [0.25, 0.3) is 5.91 Å². The van der Waals surface area contributed by atoms with Crippen LogP contribution in [-0.2, 0) is 0 Å². The minimum Gasteiger partial charge on any atom is -0.335 e. The third-order valence-electron chi connectivity index (χ3n) is 5.39. The van der Waals surface area contributed by atoms with Crippen LogP contribution in [0.25, 0.3) is 0 Å². The van der Waals surface area contributed by atoms with Gasteiger partial charge in [0.1, 0.15) is 5.69 Å². The SMILES string of the molecule is O=C(c1ccccn1)N1C[C@@H]2CC[C@H](C1)N(CCSc1ccccc1)C2. The molecule has 5 heteroatoms. The topological polar surface area (TPSA) is 36.4 Å². The molecule has 0 unspecified atom stereocenters. The van der Waals surface area contributed by atoms with Crippen LogP contribution in [0.1, 0.15) is 23.3 Å². The Labute approximate surface area is 159 Å². The summed E-state index contributed by atoms with van der Waals surface area (Å²) in [5, 5.41) is 0. The van der Waals surface area contributed by atoms with Gasteiger partial charge < -0.3 is 4.90 Å². The molecule has 2 atom stereocenters. The number of piperidine rings is 1. The summed E-state index contributed by atoms with van der Waals surface area (Å²) in [6.45, 7) is 3.91. The Morgan fingerprint density at radius 3 is 2.69 bits per heavy atom. The Hall–Kier alpha value is -1.85. The van der Waals surface area contributed by atoms with Gasteiger partial charge in [0, 0.05) is 49.1 Å². The predicted octanol–water partition coefficient (Wildman–Crippen LogP) is 3.41. The summed E-state index contributed by atoms with van der Waals surface area (Å²) >= 11 is 1.92. The zero-order chi connectivity index (χ0) is 17.8. The van der Waals surface area contributed by atoms with Gasteiger partial charge >= 0.3 is 0 Å². The number of carbonyl (C=O) groups is 1. The largest absolute Gasteiger partial charge is 0.335 e. The van der Waals surface area contributed by atoms with E-state index in [0.29, 0.717) is 17.7 Å². The second-order valence-electron chi connectivity index (χ2n) is 7.18. The summed E-state index contributed by atoms with van der Waals surface area (Å²) in [4.78, 5) is 23.0. The quantitative estimate of drug-likeness (QED) is 0.759. The van der Waals surface area contributed by atoms with E-state index in [1.807, 2.05) is 34.9 Å². The van der Waals surface area contributed by atoms with Crippen LogP contribution in [0.3, 0.4) is 0 Å². The number of nitrogens with zero attached hydrogens (tertiary/aromatic N) is 3. The highest BCUT2D eigenvalue weighted by Crippen LogP contribution is 2.29. The number of hydrogen-bond acceptors (Lipinski definition) is 4. The highest BCUT2D eigenvalue weighted by atomic mass is 32.2. The first-order chi connectivity index (χ1) is 12.8. The lowest BCUT2D eigenvalue weighted by molar-refractivity contribution is 0.0733. The Balaban J connectivity index is 1.36. The number of amides is 1. The Bertz CT molecular complexity index is 725. The molecule has 3 saturated heterocycles. The van der Waals surface area contributed by atoms with E-state index in [4.69, 9.17) is 0 Å². The van der Waals surface area contributed by atoms with Crippen molar-refractivity contribution in [2.24, 2.45) is 5.92 Å². The molecule has 0 spiro atoms. The fourth-order valence-corrected chi connectivity index (χ4v) is 4.98. The van der Waals surface area contributed by atoms with Crippen LogP contribution >= 0.6 is 11.8 Å². The van der Waals surface area contributed by atoms with Crippen molar-refractivity contribution < 1.29 is 4.79 Å². The molecule has 3 aliphatic heterocycles. The van der Waals surface area contributed by atoms with E-state index in [-0.39, 0.29) is 5.91 Å². The number of thioether (sulfide) groups is 1. The number of aromatic nitrogens is 1. The zero-order valence-corrected chi connectivity index (χ0v) is 15.8. The van der Waals surface area contributed by atoms with E-state index in [0.717, 1.165) is 31.9 Å². The maximum atomic E-state index is 12.8. The molecule has 3 fully saturated rings. The number of rotatable bonds is 5. The van der Waals surface area contributed by atoms with Gasteiger partial charge in [-0.1, -0.05) is 24.3 Å². The van der Waals surface area contributed by atoms with E-state index in [9.17, 15) is 4.79 Å². The first-order valence-electron chi connectivity index (χ1n) is 9.42. The number of benzene rings is 1. The van der Waals surface area contributed by atoms with E-state index in [2.05, 4.69) is 40.2 Å². The van der Waals surface area contributed by atoms with Crippen molar-refractivity contribution in [3.8, 4) is 0 Å². The Kier molecular flexibility index (Phi) is 5.56. The molecule has 0 saturated carbocycles. The molecule has 0 radical (unpaired) electrons. The monoisotopic (exact) mass is 367 g/mol. The second-order valence-corrected chi connectivity index (χ2v) is 8.35. The highest BCUT2D eigenvalue weighted by Gasteiger charge is 2.36. The maximum Gasteiger partial charge on any atom is 0.272 e. The van der Waals surface area contributed by atoms with E-state index >= 15 is 0 Å². The van der Waals surface area contributed by atoms with Crippen molar-refractivity contribution in [1.29, 1.82) is 0 Å². The highest BCUT2D eigenvalue weighted by molar-refractivity contribution is 7.99. The molecule has 1 aromatic heterocycles. The van der Waals surface area contributed by atoms with Gasteiger partial charge in [0.2, 0.25) is 0 Å². The summed E-state index contributed by atoms with van der Waals surface area (Å²) < 4.78 is 0. The fraction of sp³-hybridized carbons (Fsp3) is 0.429. The van der Waals surface area contributed by atoms with E-state index in [1.165, 1.54) is 17.7 Å². The number of carbonyl (C=O) groups excluding carboxylic acids is 1. The van der Waals surface area contributed by atoms with Crippen molar-refractivity contribution >= 4 is 17.7 Å². The average Bonchev–Trinajstić information content (AvgIpc) is 3.01. The lowest BCUT2D eigenvalue weighted by atomic mass is 9.95. The molecule has 26 heavy (non-hydrogen) atoms. The minimum absolute atomic E-state index is 0.0861. The standard InChI is InChI=1S/C21H25N3OS/c25-21(20-8-4-5-11-22-20)24-15-17-9-10-18(16-24)23(14-17)12-13-26-19-6-2-1-3-7-19/h1-8,11,17-18H,9-10,12-16H2/t17-,18-/m1/s1. The second kappa shape index (κ2) is 8.23. The molecule has 0 aliphatic carbocycles. The lowest BCUT2D eigenvalue weighted by Gasteiger charge is -2.35. The van der Waals surface area contributed by atoms with Crippen LogP contribution in [0.15, 0.2) is 59.6 Å². The van der Waals surface area contributed by atoms with E-state index < -0.39 is 0 Å². The van der Waals surface area contributed by atoms with Crippen molar-refractivity contribution in [1.82, 2.24) is 14.8 Å². The fourth-order valence-electron chi connectivity index (χ4n) is 4.07. The molecule has 136 valence electrons. The Morgan fingerprint density at radius 2 is 1.88 bits per heavy atom. The van der Waals surface area contributed by atoms with Crippen LogP contribution in [0.5, 0.6) is 0 Å². The summed E-state index contributed by atoms with van der Waals surface area (Å²) in [5.41, 5.74) is 0.569. The summed E-state index contributed by atoms with van der Waals surface area (Å²) in [7, 11) is 0. The van der Waals surface area contributed by atoms with E-state index in [1.54, 1.807) is 6.20 Å². The summed E-state index contributed by atoms with van der Waals surface area (Å²) in [6, 6.07) is 16.6. The summed E-state index contributed by atoms with van der Waals surface area (Å²) in [5.74, 6) is 1.77. The molecule has 2 aromatic rings. The van der Waals surface area contributed by atoms with Crippen molar-refractivity contribution in [2.75, 3.05) is 31.9 Å². The van der Waals surface area contributed by atoms with Gasteiger partial charge in [-0.05, 0) is 43.0 Å². The third-order valence-corrected chi connectivity index (χ3v) is 6.38. The molecular formula is C21H25N3OS. The first-order valence-corrected chi connectivity index (χ1v) is 10.4. The van der Waals surface area contributed by atoms with Crippen LogP contribution in [-0.4, -0.2) is 58.7 Å². The van der Waals surface area contributed by atoms with Gasteiger partial charge in [-0.2, -0.15) is 0 Å². The minimum atomic E-state index is 0.0861. The van der Waals surface area contributed by atoms with Crippen LogP contribution < -0.4 is 0 Å². The molecule has 5 rings (SSSR count). The summed E-state index contributed by atoms with van der Waals surface area (Å²) in [6.07, 6.45) is 4.14. The smallest absolute Gasteiger partial charge is 0.272 e. The van der Waals surface area contributed by atoms with Gasteiger partial charge in [0.15, 0.2) is 0 Å². The molecule has 2 bridgehead atoms. The molecule has 3 aliphatic rings. The van der Waals surface area contributed by atoms with Gasteiger partial charge in [-0.25, -0.2) is 0 Å². The van der Waals surface area contributed by atoms with Crippen molar-refractivity contribution in [3.05, 3.63) is 60.4 Å². The lowest BCUT2D eigenvalue weighted by Crippen LogP contribution is -2.45. The molecule has 4 heterocycles.